The van der Waals surface area contributed by atoms with Gasteiger partial charge >= 0.3 is 5.97 Å². The molecule has 2 aromatic rings. The summed E-state index contributed by atoms with van der Waals surface area (Å²) in [6.45, 7) is 0. The number of hydrogen-bond acceptors (Lipinski definition) is 5. The average Bonchev–Trinajstić information content (AvgIpc) is 2.98. The zero-order chi connectivity index (χ0) is 18.0. The van der Waals surface area contributed by atoms with Crippen molar-refractivity contribution in [3.63, 3.8) is 0 Å². The first-order valence-electron chi connectivity index (χ1n) is 7.79. The van der Waals surface area contributed by atoms with Crippen LogP contribution in [0.3, 0.4) is 0 Å². The summed E-state index contributed by atoms with van der Waals surface area (Å²) < 4.78 is 5.06. The van der Waals surface area contributed by atoms with Gasteiger partial charge in [0.25, 0.3) is 5.91 Å². The van der Waals surface area contributed by atoms with Gasteiger partial charge < -0.3 is 15.2 Å². The van der Waals surface area contributed by atoms with Crippen LogP contribution in [0.5, 0.6) is 5.75 Å². The third kappa shape index (κ3) is 3.21. The summed E-state index contributed by atoms with van der Waals surface area (Å²) >= 11 is 1.30. The number of thiophene rings is 1. The summed E-state index contributed by atoms with van der Waals surface area (Å²) in [5.74, 6) is -1.31. The van der Waals surface area contributed by atoms with Crippen molar-refractivity contribution in [2.45, 2.75) is 25.2 Å². The van der Waals surface area contributed by atoms with Crippen molar-refractivity contribution in [3.05, 3.63) is 45.8 Å². The molecule has 1 aliphatic carbocycles. The number of nitrogens with zero attached hydrogens (tertiary/aromatic N) is 1. The Hall–Kier alpha value is -2.85. The Kier molecular flexibility index (Phi) is 4.72. The number of anilines is 1. The maximum atomic E-state index is 12.4. The van der Waals surface area contributed by atoms with Gasteiger partial charge in [-0.25, -0.2) is 0 Å². The largest absolute Gasteiger partial charge is 0.497 e. The number of carbonyl (C=O) groups excluding carboxylic acids is 1. The van der Waals surface area contributed by atoms with Crippen molar-refractivity contribution in [1.29, 1.82) is 5.26 Å². The average molecular weight is 356 g/mol. The molecule has 0 spiro atoms. The quantitative estimate of drug-likeness (QED) is 0.875. The van der Waals surface area contributed by atoms with Crippen LogP contribution in [0.15, 0.2) is 24.3 Å². The zero-order valence-corrected chi connectivity index (χ0v) is 14.4. The van der Waals surface area contributed by atoms with Crippen molar-refractivity contribution in [2.75, 3.05) is 12.4 Å². The van der Waals surface area contributed by atoms with E-state index in [0.29, 0.717) is 28.3 Å². The molecule has 1 heterocycles. The summed E-state index contributed by atoms with van der Waals surface area (Å²) in [5, 5.41) is 22.1. The number of amides is 1. The number of benzene rings is 1. The number of fused-ring (bicyclic) bond motifs is 1. The Balaban J connectivity index is 1.91. The summed E-state index contributed by atoms with van der Waals surface area (Å²) in [5.41, 5.74) is 1.27. The van der Waals surface area contributed by atoms with Gasteiger partial charge in [-0.3, -0.25) is 9.59 Å². The molecule has 0 saturated carbocycles. The predicted molar refractivity (Wildman–Crippen MR) is 93.3 cm³/mol. The second-order valence-electron chi connectivity index (χ2n) is 5.72. The van der Waals surface area contributed by atoms with E-state index in [0.717, 1.165) is 17.7 Å². The van der Waals surface area contributed by atoms with Crippen LogP contribution < -0.4 is 10.1 Å². The number of nitriles is 1. The minimum atomic E-state index is -0.928. The third-order valence-corrected chi connectivity index (χ3v) is 5.44. The van der Waals surface area contributed by atoms with Crippen LogP contribution in [0.1, 0.15) is 45.1 Å². The number of nitrogens with one attached hydrogen (secondary N) is 1. The van der Waals surface area contributed by atoms with E-state index >= 15 is 0 Å². The van der Waals surface area contributed by atoms with Gasteiger partial charge in [0.2, 0.25) is 0 Å². The number of aryl methyl sites for hydroxylation is 1. The van der Waals surface area contributed by atoms with Gasteiger partial charge in [-0.15, -0.1) is 11.3 Å². The maximum Gasteiger partial charge on any atom is 0.311 e. The minimum absolute atomic E-state index is 0.272. The highest BCUT2D eigenvalue weighted by atomic mass is 32.1. The van der Waals surface area contributed by atoms with E-state index in [-0.39, 0.29) is 11.5 Å². The Labute approximate surface area is 148 Å². The van der Waals surface area contributed by atoms with Crippen LogP contribution >= 0.6 is 11.3 Å². The number of carboxylic acids is 1. The Bertz CT molecular complexity index is 864. The topological polar surface area (TPSA) is 99.4 Å². The minimum Gasteiger partial charge on any atom is -0.497 e. The molecule has 1 unspecified atom stereocenters. The van der Waals surface area contributed by atoms with E-state index in [9.17, 15) is 20.0 Å². The van der Waals surface area contributed by atoms with Crippen molar-refractivity contribution in [2.24, 2.45) is 0 Å². The fraction of sp³-hybridized carbons (Fsp3) is 0.278. The molecule has 0 radical (unpaired) electrons. The molecule has 0 fully saturated rings. The third-order valence-electron chi connectivity index (χ3n) is 4.26. The van der Waals surface area contributed by atoms with Gasteiger partial charge in [-0.1, -0.05) is 0 Å². The van der Waals surface area contributed by atoms with Crippen LogP contribution in [-0.4, -0.2) is 24.1 Å². The first-order chi connectivity index (χ1) is 12.0. The molecule has 6 nitrogen and oxygen atoms in total. The zero-order valence-electron chi connectivity index (χ0n) is 13.5. The van der Waals surface area contributed by atoms with Crippen molar-refractivity contribution in [1.82, 2.24) is 0 Å². The lowest BCUT2D eigenvalue weighted by atomic mass is 9.85. The lowest BCUT2D eigenvalue weighted by Crippen LogP contribution is -2.17. The first kappa shape index (κ1) is 17.0. The van der Waals surface area contributed by atoms with Crippen LogP contribution in [0.4, 0.5) is 5.00 Å². The number of hydrogen-bond donors (Lipinski definition) is 2. The molecule has 25 heavy (non-hydrogen) atoms. The molecule has 1 aliphatic rings. The van der Waals surface area contributed by atoms with E-state index in [2.05, 4.69) is 11.4 Å². The molecule has 3 rings (SSSR count). The number of rotatable bonds is 4. The van der Waals surface area contributed by atoms with E-state index in [4.69, 9.17) is 4.74 Å². The maximum absolute atomic E-state index is 12.4. The molecule has 1 amide bonds. The second kappa shape index (κ2) is 6.95. The summed E-state index contributed by atoms with van der Waals surface area (Å²) in [6.07, 6.45) is 2.01. The number of aliphatic carboxylic acids is 1. The molecule has 0 aliphatic heterocycles. The Morgan fingerprint density at radius 1 is 1.36 bits per heavy atom. The van der Waals surface area contributed by atoms with E-state index < -0.39 is 11.9 Å². The van der Waals surface area contributed by atoms with Crippen LogP contribution in [0.25, 0.3) is 0 Å². The molecular formula is C18H16N2O4S. The van der Waals surface area contributed by atoms with Crippen molar-refractivity contribution in [3.8, 4) is 11.8 Å². The van der Waals surface area contributed by atoms with Gasteiger partial charge in [-0.05, 0) is 43.5 Å². The van der Waals surface area contributed by atoms with Gasteiger partial charge in [0.15, 0.2) is 0 Å². The van der Waals surface area contributed by atoms with Crippen LogP contribution in [0, 0.1) is 11.3 Å². The molecule has 1 atom stereocenters. The molecule has 0 saturated heterocycles. The summed E-state index contributed by atoms with van der Waals surface area (Å²) in [7, 11) is 1.54. The highest BCUT2D eigenvalue weighted by molar-refractivity contribution is 7.16. The Morgan fingerprint density at radius 3 is 2.68 bits per heavy atom. The molecule has 128 valence electrons. The fourth-order valence-electron chi connectivity index (χ4n) is 3.02. The van der Waals surface area contributed by atoms with Gasteiger partial charge in [0.1, 0.15) is 16.8 Å². The lowest BCUT2D eigenvalue weighted by Gasteiger charge is -2.18. The van der Waals surface area contributed by atoms with E-state index in [1.807, 2.05) is 0 Å². The monoisotopic (exact) mass is 356 g/mol. The molecule has 0 bridgehead atoms. The summed E-state index contributed by atoms with van der Waals surface area (Å²) in [4.78, 5) is 24.8. The van der Waals surface area contributed by atoms with Crippen LogP contribution in [-0.2, 0) is 11.2 Å². The SMILES string of the molecule is COc1ccc(C(=O)Nc2sc3c(c2C#N)C(C(=O)O)CCC3)cc1. The van der Waals surface area contributed by atoms with E-state index in [1.165, 1.54) is 11.3 Å². The molecule has 1 aromatic heterocycles. The van der Waals surface area contributed by atoms with Crippen molar-refractivity contribution >= 4 is 28.2 Å². The van der Waals surface area contributed by atoms with Gasteiger partial charge in [0.05, 0.1) is 18.6 Å². The highest BCUT2D eigenvalue weighted by Gasteiger charge is 2.33. The Morgan fingerprint density at radius 2 is 2.08 bits per heavy atom. The van der Waals surface area contributed by atoms with Gasteiger partial charge in [-0.2, -0.15) is 5.26 Å². The normalized spacial score (nSPS) is 15.8. The molecule has 7 heteroatoms. The van der Waals surface area contributed by atoms with Gasteiger partial charge in [0, 0.05) is 16.0 Å². The fourth-order valence-corrected chi connectivity index (χ4v) is 4.27. The van der Waals surface area contributed by atoms with Crippen molar-refractivity contribution < 1.29 is 19.4 Å². The molecule has 2 N–H and O–H groups in total. The number of ether oxygens (including phenoxy) is 1. The first-order valence-corrected chi connectivity index (χ1v) is 8.60. The predicted octanol–water partition coefficient (Wildman–Crippen LogP) is 3.39. The van der Waals surface area contributed by atoms with Crippen LogP contribution in [0.2, 0.25) is 0 Å². The lowest BCUT2D eigenvalue weighted by molar-refractivity contribution is -0.139. The number of carbonyl (C=O) groups is 2. The standard InChI is InChI=1S/C18H16N2O4S/c1-24-11-7-5-10(6-8-11)16(21)20-17-13(9-19)15-12(18(22)23)3-2-4-14(15)25-17/h5-8,12H,2-4H2,1H3,(H,20,21)(H,22,23). The van der Waals surface area contributed by atoms with E-state index in [1.54, 1.807) is 31.4 Å². The number of carboxylic acid groups (broad SMARTS) is 1. The smallest absolute Gasteiger partial charge is 0.311 e. The second-order valence-corrected chi connectivity index (χ2v) is 6.83. The molecule has 1 aromatic carbocycles. The highest BCUT2D eigenvalue weighted by Crippen LogP contribution is 2.43. The summed E-state index contributed by atoms with van der Waals surface area (Å²) in [6, 6.07) is 8.70. The molecular weight excluding hydrogens is 340 g/mol. The number of methoxy groups -OCH3 is 1.